The van der Waals surface area contributed by atoms with Gasteiger partial charge in [-0.2, -0.15) is 0 Å². The van der Waals surface area contributed by atoms with Crippen LogP contribution < -0.4 is 5.32 Å². The SMILES string of the molecule is CN(C)C(=O)[C@H](O)[C@@H](O)C(=O)Nc1ccc(-c2ccc3ccccc3c2)cc1. The Hall–Kier alpha value is -3.22. The molecule has 2 atom stereocenters. The minimum Gasteiger partial charge on any atom is -0.380 e. The van der Waals surface area contributed by atoms with Crippen molar-refractivity contribution in [3.8, 4) is 11.1 Å². The van der Waals surface area contributed by atoms with Crippen LogP contribution in [0.3, 0.4) is 0 Å². The first-order chi connectivity index (χ1) is 13.4. The summed E-state index contributed by atoms with van der Waals surface area (Å²) in [5.74, 6) is -1.59. The molecule has 28 heavy (non-hydrogen) atoms. The Morgan fingerprint density at radius 2 is 1.43 bits per heavy atom. The van der Waals surface area contributed by atoms with Gasteiger partial charge >= 0.3 is 0 Å². The summed E-state index contributed by atoms with van der Waals surface area (Å²) in [5, 5.41) is 24.5. The van der Waals surface area contributed by atoms with Gasteiger partial charge in [-0.05, 0) is 40.1 Å². The molecule has 3 aromatic carbocycles. The lowest BCUT2D eigenvalue weighted by atomic mass is 10.0. The molecule has 3 rings (SSSR count). The molecular weight excluding hydrogens is 356 g/mol. The number of likely N-dealkylation sites (N-methyl/N-ethyl adjacent to an activating group) is 1. The van der Waals surface area contributed by atoms with E-state index in [0.717, 1.165) is 26.8 Å². The van der Waals surface area contributed by atoms with E-state index >= 15 is 0 Å². The largest absolute Gasteiger partial charge is 0.380 e. The van der Waals surface area contributed by atoms with Crippen LogP contribution in [-0.2, 0) is 9.59 Å². The highest BCUT2D eigenvalue weighted by molar-refractivity contribution is 5.98. The first-order valence-electron chi connectivity index (χ1n) is 8.84. The Labute approximate surface area is 163 Å². The Balaban J connectivity index is 1.71. The van der Waals surface area contributed by atoms with E-state index in [9.17, 15) is 19.8 Å². The quantitative estimate of drug-likeness (QED) is 0.635. The maximum atomic E-state index is 12.1. The van der Waals surface area contributed by atoms with Crippen LogP contribution >= 0.6 is 0 Å². The molecule has 0 spiro atoms. The van der Waals surface area contributed by atoms with Crippen molar-refractivity contribution >= 4 is 28.3 Å². The summed E-state index contributed by atoms with van der Waals surface area (Å²) in [4.78, 5) is 24.9. The number of hydrogen-bond acceptors (Lipinski definition) is 4. The van der Waals surface area contributed by atoms with Crippen LogP contribution in [0.25, 0.3) is 21.9 Å². The third-order valence-corrected chi connectivity index (χ3v) is 4.50. The third-order valence-electron chi connectivity index (χ3n) is 4.50. The molecule has 0 aromatic heterocycles. The van der Waals surface area contributed by atoms with Crippen molar-refractivity contribution in [2.45, 2.75) is 12.2 Å². The van der Waals surface area contributed by atoms with E-state index in [0.29, 0.717) is 5.69 Å². The van der Waals surface area contributed by atoms with Gasteiger partial charge < -0.3 is 20.4 Å². The molecule has 0 aliphatic heterocycles. The number of aliphatic hydroxyl groups excluding tert-OH is 2. The van der Waals surface area contributed by atoms with Crippen LogP contribution in [0.2, 0.25) is 0 Å². The maximum absolute atomic E-state index is 12.1. The first kappa shape index (κ1) is 19.5. The second-order valence-electron chi connectivity index (χ2n) is 6.75. The number of hydrogen-bond donors (Lipinski definition) is 3. The number of fused-ring (bicyclic) bond motifs is 1. The topological polar surface area (TPSA) is 89.9 Å². The highest BCUT2D eigenvalue weighted by Gasteiger charge is 2.31. The minimum atomic E-state index is -1.85. The van der Waals surface area contributed by atoms with Crippen molar-refractivity contribution in [3.05, 3.63) is 66.7 Å². The number of carbonyl (C=O) groups is 2. The van der Waals surface area contributed by atoms with Crippen molar-refractivity contribution in [3.63, 3.8) is 0 Å². The summed E-state index contributed by atoms with van der Waals surface area (Å²) in [6.07, 6.45) is -3.66. The highest BCUT2D eigenvalue weighted by Crippen LogP contribution is 2.25. The average molecular weight is 378 g/mol. The van der Waals surface area contributed by atoms with Gasteiger partial charge in [0.05, 0.1) is 0 Å². The number of anilines is 1. The lowest BCUT2D eigenvalue weighted by molar-refractivity contribution is -0.149. The molecule has 6 nitrogen and oxygen atoms in total. The van der Waals surface area contributed by atoms with E-state index in [1.165, 1.54) is 14.1 Å². The number of benzene rings is 3. The number of amides is 2. The van der Waals surface area contributed by atoms with E-state index in [1.807, 2.05) is 30.3 Å². The summed E-state index contributed by atoms with van der Waals surface area (Å²) in [7, 11) is 2.86. The smallest absolute Gasteiger partial charge is 0.256 e. The van der Waals surface area contributed by atoms with Gasteiger partial charge in [0.25, 0.3) is 11.8 Å². The van der Waals surface area contributed by atoms with Crippen LogP contribution in [0.1, 0.15) is 0 Å². The van der Waals surface area contributed by atoms with Crippen LogP contribution in [0, 0.1) is 0 Å². The Morgan fingerprint density at radius 3 is 2.07 bits per heavy atom. The second kappa shape index (κ2) is 8.21. The van der Waals surface area contributed by atoms with Gasteiger partial charge in [0.1, 0.15) is 0 Å². The predicted molar refractivity (Wildman–Crippen MR) is 109 cm³/mol. The van der Waals surface area contributed by atoms with Gasteiger partial charge in [-0.1, -0.05) is 48.5 Å². The lowest BCUT2D eigenvalue weighted by Gasteiger charge is -2.20. The summed E-state index contributed by atoms with van der Waals surface area (Å²) < 4.78 is 0. The average Bonchev–Trinajstić information content (AvgIpc) is 2.72. The molecule has 2 amide bonds. The summed E-state index contributed by atoms with van der Waals surface area (Å²) in [6.45, 7) is 0. The fraction of sp³-hybridized carbons (Fsp3) is 0.182. The molecular formula is C22H22N2O4. The highest BCUT2D eigenvalue weighted by atomic mass is 16.3. The third kappa shape index (κ3) is 4.19. The van der Waals surface area contributed by atoms with Crippen molar-refractivity contribution in [1.29, 1.82) is 0 Å². The molecule has 0 bridgehead atoms. The van der Waals surface area contributed by atoms with Gasteiger partial charge in [-0.3, -0.25) is 9.59 Å². The normalized spacial score (nSPS) is 13.0. The number of nitrogens with zero attached hydrogens (tertiary/aromatic N) is 1. The predicted octanol–water partition coefficient (Wildman–Crippen LogP) is 2.26. The van der Waals surface area contributed by atoms with Crippen LogP contribution in [0.15, 0.2) is 66.7 Å². The van der Waals surface area contributed by atoms with Crippen molar-refractivity contribution < 1.29 is 19.8 Å². The molecule has 0 aliphatic rings. The van der Waals surface area contributed by atoms with Crippen molar-refractivity contribution in [2.24, 2.45) is 0 Å². The molecule has 0 heterocycles. The number of nitrogens with one attached hydrogen (secondary N) is 1. The van der Waals surface area contributed by atoms with E-state index in [4.69, 9.17) is 0 Å². The molecule has 3 N–H and O–H groups in total. The molecule has 0 radical (unpaired) electrons. The molecule has 0 saturated heterocycles. The maximum Gasteiger partial charge on any atom is 0.256 e. The molecule has 3 aromatic rings. The summed E-state index contributed by atoms with van der Waals surface area (Å²) in [5.41, 5.74) is 2.48. The molecule has 0 unspecified atom stereocenters. The van der Waals surface area contributed by atoms with E-state index in [1.54, 1.807) is 12.1 Å². The zero-order valence-corrected chi connectivity index (χ0v) is 15.7. The van der Waals surface area contributed by atoms with Crippen LogP contribution in [0.4, 0.5) is 5.69 Å². The number of aliphatic hydroxyl groups is 2. The summed E-state index contributed by atoms with van der Waals surface area (Å²) >= 11 is 0. The van der Waals surface area contributed by atoms with Gasteiger partial charge in [0.2, 0.25) is 0 Å². The molecule has 6 heteroatoms. The molecule has 0 aliphatic carbocycles. The lowest BCUT2D eigenvalue weighted by Crippen LogP contribution is -2.47. The van der Waals surface area contributed by atoms with Crippen LogP contribution in [0.5, 0.6) is 0 Å². The Kier molecular flexibility index (Phi) is 5.73. The fourth-order valence-electron chi connectivity index (χ4n) is 2.87. The number of rotatable bonds is 5. The Morgan fingerprint density at radius 1 is 0.821 bits per heavy atom. The zero-order valence-electron chi connectivity index (χ0n) is 15.7. The molecule has 144 valence electrons. The first-order valence-corrected chi connectivity index (χ1v) is 8.84. The van der Waals surface area contributed by atoms with E-state index in [-0.39, 0.29) is 0 Å². The summed E-state index contributed by atoms with van der Waals surface area (Å²) in [6, 6.07) is 21.4. The molecule has 0 saturated carbocycles. The van der Waals surface area contributed by atoms with Gasteiger partial charge in [-0.25, -0.2) is 0 Å². The van der Waals surface area contributed by atoms with Gasteiger partial charge in [0.15, 0.2) is 12.2 Å². The van der Waals surface area contributed by atoms with Crippen molar-refractivity contribution in [2.75, 3.05) is 19.4 Å². The van der Waals surface area contributed by atoms with Crippen molar-refractivity contribution in [1.82, 2.24) is 4.90 Å². The second-order valence-corrected chi connectivity index (χ2v) is 6.75. The van der Waals surface area contributed by atoms with Gasteiger partial charge in [0, 0.05) is 19.8 Å². The Bertz CT molecular complexity index is 999. The molecule has 0 fully saturated rings. The van der Waals surface area contributed by atoms with Crippen LogP contribution in [-0.4, -0.2) is 53.2 Å². The monoisotopic (exact) mass is 378 g/mol. The van der Waals surface area contributed by atoms with E-state index < -0.39 is 24.0 Å². The zero-order chi connectivity index (χ0) is 20.3. The van der Waals surface area contributed by atoms with E-state index in [2.05, 4.69) is 29.6 Å². The van der Waals surface area contributed by atoms with Gasteiger partial charge in [-0.15, -0.1) is 0 Å². The standard InChI is InChI=1S/C22H22N2O4/c1-24(2)22(28)20(26)19(25)21(27)23-18-11-9-15(10-12-18)17-8-7-14-5-3-4-6-16(14)13-17/h3-13,19-20,25-26H,1-2H3,(H,23,27)/t19-,20-/m1/s1. The fourth-order valence-corrected chi connectivity index (χ4v) is 2.87. The minimum absolute atomic E-state index is 0.457. The number of carbonyl (C=O) groups excluding carboxylic acids is 2.